The van der Waals surface area contributed by atoms with E-state index < -0.39 is 0 Å². The Bertz CT molecular complexity index is 335. The molecule has 0 radical (unpaired) electrons. The largest absolute Gasteiger partial charge is 0.392 e. The maximum atomic E-state index is 11.5. The lowest BCUT2D eigenvalue weighted by Crippen LogP contribution is -2.20. The molecule has 4 heteroatoms. The van der Waals surface area contributed by atoms with E-state index in [0.29, 0.717) is 13.0 Å². The lowest BCUT2D eigenvalue weighted by molar-refractivity contribution is -0.116. The van der Waals surface area contributed by atoms with Crippen LogP contribution in [0.3, 0.4) is 0 Å². The van der Waals surface area contributed by atoms with Gasteiger partial charge in [-0.3, -0.25) is 4.79 Å². The molecule has 0 saturated carbocycles. The standard InChI is InChI=1S/C12H18N2O2/c1-9(7-13)6-12(16)14-11-4-2-10(8-15)3-5-11/h2-5,9,15H,6-8,13H2,1H3,(H,14,16). The average Bonchev–Trinajstić information content (AvgIpc) is 2.29. The molecule has 0 fully saturated rings. The second-order valence-electron chi connectivity index (χ2n) is 3.95. The summed E-state index contributed by atoms with van der Waals surface area (Å²) in [6.07, 6.45) is 0.429. The van der Waals surface area contributed by atoms with Crippen molar-refractivity contribution in [2.45, 2.75) is 20.0 Å². The quantitative estimate of drug-likeness (QED) is 0.698. The monoisotopic (exact) mass is 222 g/mol. The number of aliphatic hydroxyl groups excluding tert-OH is 1. The van der Waals surface area contributed by atoms with E-state index in [-0.39, 0.29) is 18.4 Å². The van der Waals surface area contributed by atoms with Crippen LogP contribution in [-0.2, 0) is 11.4 Å². The van der Waals surface area contributed by atoms with Crippen LogP contribution in [0, 0.1) is 5.92 Å². The highest BCUT2D eigenvalue weighted by Gasteiger charge is 2.07. The highest BCUT2D eigenvalue weighted by molar-refractivity contribution is 5.90. The molecule has 88 valence electrons. The molecule has 1 unspecified atom stereocenters. The summed E-state index contributed by atoms with van der Waals surface area (Å²) in [4.78, 5) is 11.5. The fourth-order valence-electron chi connectivity index (χ4n) is 1.31. The molecule has 0 saturated heterocycles. The number of benzene rings is 1. The molecule has 1 atom stereocenters. The summed E-state index contributed by atoms with van der Waals surface area (Å²) in [7, 11) is 0. The zero-order valence-corrected chi connectivity index (χ0v) is 9.44. The van der Waals surface area contributed by atoms with Gasteiger partial charge in [0.2, 0.25) is 5.91 Å². The normalized spacial score (nSPS) is 12.2. The summed E-state index contributed by atoms with van der Waals surface area (Å²) in [5, 5.41) is 11.6. The van der Waals surface area contributed by atoms with Crippen LogP contribution in [-0.4, -0.2) is 17.6 Å². The number of carbonyl (C=O) groups excluding carboxylic acids is 1. The van der Waals surface area contributed by atoms with Gasteiger partial charge in [0.25, 0.3) is 0 Å². The van der Waals surface area contributed by atoms with E-state index in [0.717, 1.165) is 11.3 Å². The third-order valence-electron chi connectivity index (χ3n) is 2.36. The number of hydrogen-bond acceptors (Lipinski definition) is 3. The molecule has 1 amide bonds. The second-order valence-corrected chi connectivity index (χ2v) is 3.95. The number of amides is 1. The molecule has 1 aromatic carbocycles. The number of aliphatic hydroxyl groups is 1. The van der Waals surface area contributed by atoms with Crippen molar-refractivity contribution < 1.29 is 9.90 Å². The van der Waals surface area contributed by atoms with E-state index >= 15 is 0 Å². The number of hydrogen-bond donors (Lipinski definition) is 3. The molecule has 0 aliphatic carbocycles. The number of rotatable bonds is 5. The van der Waals surface area contributed by atoms with Crippen molar-refractivity contribution in [2.75, 3.05) is 11.9 Å². The maximum Gasteiger partial charge on any atom is 0.224 e. The molecule has 1 rings (SSSR count). The zero-order valence-electron chi connectivity index (χ0n) is 9.44. The molecular formula is C12H18N2O2. The van der Waals surface area contributed by atoms with Crippen LogP contribution in [0.4, 0.5) is 5.69 Å². The van der Waals surface area contributed by atoms with Crippen LogP contribution in [0.2, 0.25) is 0 Å². The first-order valence-electron chi connectivity index (χ1n) is 5.35. The summed E-state index contributed by atoms with van der Waals surface area (Å²) in [6, 6.07) is 7.11. The summed E-state index contributed by atoms with van der Waals surface area (Å²) >= 11 is 0. The number of carbonyl (C=O) groups is 1. The molecular weight excluding hydrogens is 204 g/mol. The van der Waals surface area contributed by atoms with Crippen molar-refractivity contribution in [3.05, 3.63) is 29.8 Å². The molecule has 0 aromatic heterocycles. The van der Waals surface area contributed by atoms with Gasteiger partial charge >= 0.3 is 0 Å². The Morgan fingerprint density at radius 2 is 2.06 bits per heavy atom. The van der Waals surface area contributed by atoms with Crippen molar-refractivity contribution in [3.8, 4) is 0 Å². The maximum absolute atomic E-state index is 11.5. The van der Waals surface area contributed by atoms with Gasteiger partial charge < -0.3 is 16.2 Å². The minimum Gasteiger partial charge on any atom is -0.392 e. The van der Waals surface area contributed by atoms with E-state index in [1.54, 1.807) is 24.3 Å². The predicted octanol–water partition coefficient (Wildman–Crippen LogP) is 1.10. The average molecular weight is 222 g/mol. The number of anilines is 1. The van der Waals surface area contributed by atoms with Crippen molar-refractivity contribution in [1.29, 1.82) is 0 Å². The first-order valence-corrected chi connectivity index (χ1v) is 5.35. The van der Waals surface area contributed by atoms with Gasteiger partial charge in [-0.2, -0.15) is 0 Å². The summed E-state index contributed by atoms with van der Waals surface area (Å²) in [5.74, 6) is 0.159. The van der Waals surface area contributed by atoms with Crippen LogP contribution in [0.1, 0.15) is 18.9 Å². The smallest absolute Gasteiger partial charge is 0.224 e. The van der Waals surface area contributed by atoms with Crippen LogP contribution in [0.5, 0.6) is 0 Å². The summed E-state index contributed by atoms with van der Waals surface area (Å²) in [6.45, 7) is 2.46. The highest BCUT2D eigenvalue weighted by atomic mass is 16.3. The van der Waals surface area contributed by atoms with Crippen LogP contribution in [0.15, 0.2) is 24.3 Å². The first kappa shape index (κ1) is 12.7. The highest BCUT2D eigenvalue weighted by Crippen LogP contribution is 2.10. The summed E-state index contributed by atoms with van der Waals surface area (Å²) < 4.78 is 0. The van der Waals surface area contributed by atoms with Crippen molar-refractivity contribution in [3.63, 3.8) is 0 Å². The SMILES string of the molecule is CC(CN)CC(=O)Nc1ccc(CO)cc1. The predicted molar refractivity (Wildman–Crippen MR) is 63.8 cm³/mol. The molecule has 4 N–H and O–H groups in total. The third-order valence-corrected chi connectivity index (χ3v) is 2.36. The molecule has 0 heterocycles. The minimum absolute atomic E-state index is 0.0123. The third kappa shape index (κ3) is 4.00. The van der Waals surface area contributed by atoms with Gasteiger partial charge in [0.1, 0.15) is 0 Å². The lowest BCUT2D eigenvalue weighted by atomic mass is 10.1. The van der Waals surface area contributed by atoms with E-state index in [4.69, 9.17) is 10.8 Å². The van der Waals surface area contributed by atoms with Crippen molar-refractivity contribution in [2.24, 2.45) is 11.7 Å². The molecule has 1 aromatic rings. The van der Waals surface area contributed by atoms with Crippen LogP contribution >= 0.6 is 0 Å². The Kier molecular flexibility index (Phi) is 4.95. The van der Waals surface area contributed by atoms with Gasteiger partial charge in [0.05, 0.1) is 6.61 Å². The van der Waals surface area contributed by atoms with Gasteiger partial charge in [-0.25, -0.2) is 0 Å². The van der Waals surface area contributed by atoms with E-state index in [9.17, 15) is 4.79 Å². The summed E-state index contributed by atoms with van der Waals surface area (Å²) in [5.41, 5.74) is 7.01. The Balaban J connectivity index is 2.49. The fraction of sp³-hybridized carbons (Fsp3) is 0.417. The first-order chi connectivity index (χ1) is 7.65. The molecule has 0 bridgehead atoms. The zero-order chi connectivity index (χ0) is 12.0. The van der Waals surface area contributed by atoms with Gasteiger partial charge in [-0.05, 0) is 30.2 Å². The Labute approximate surface area is 95.5 Å². The topological polar surface area (TPSA) is 75.4 Å². The van der Waals surface area contributed by atoms with Gasteiger partial charge in [-0.1, -0.05) is 19.1 Å². The van der Waals surface area contributed by atoms with Gasteiger partial charge in [0.15, 0.2) is 0 Å². The minimum atomic E-state index is -0.0327. The molecule has 16 heavy (non-hydrogen) atoms. The van der Waals surface area contributed by atoms with Crippen LogP contribution < -0.4 is 11.1 Å². The Morgan fingerprint density at radius 1 is 1.44 bits per heavy atom. The molecule has 4 nitrogen and oxygen atoms in total. The van der Waals surface area contributed by atoms with E-state index in [1.807, 2.05) is 6.92 Å². The van der Waals surface area contributed by atoms with Gasteiger partial charge in [-0.15, -0.1) is 0 Å². The van der Waals surface area contributed by atoms with Crippen molar-refractivity contribution >= 4 is 11.6 Å². The van der Waals surface area contributed by atoms with Crippen LogP contribution in [0.25, 0.3) is 0 Å². The Morgan fingerprint density at radius 3 is 2.56 bits per heavy atom. The second kappa shape index (κ2) is 6.25. The van der Waals surface area contributed by atoms with Crippen molar-refractivity contribution in [1.82, 2.24) is 0 Å². The van der Waals surface area contributed by atoms with E-state index in [1.165, 1.54) is 0 Å². The lowest BCUT2D eigenvalue weighted by Gasteiger charge is -2.09. The molecule has 0 aliphatic heterocycles. The number of nitrogens with two attached hydrogens (primary N) is 1. The van der Waals surface area contributed by atoms with Gasteiger partial charge in [0, 0.05) is 12.1 Å². The van der Waals surface area contributed by atoms with E-state index in [2.05, 4.69) is 5.32 Å². The Hall–Kier alpha value is -1.39. The molecule has 0 spiro atoms. The number of nitrogens with one attached hydrogen (secondary N) is 1. The molecule has 0 aliphatic rings. The fourth-order valence-corrected chi connectivity index (χ4v) is 1.31.